The van der Waals surface area contributed by atoms with Gasteiger partial charge in [-0.15, -0.1) is 13.2 Å². The van der Waals surface area contributed by atoms with Gasteiger partial charge in [0.2, 0.25) is 5.91 Å². The summed E-state index contributed by atoms with van der Waals surface area (Å²) in [5, 5.41) is 2.67. The van der Waals surface area contributed by atoms with Gasteiger partial charge in [-0.05, 0) is 64.0 Å². The van der Waals surface area contributed by atoms with Crippen molar-refractivity contribution in [1.82, 2.24) is 4.90 Å². The highest BCUT2D eigenvalue weighted by Crippen LogP contribution is 2.24. The molecule has 1 amide bonds. The maximum atomic E-state index is 12.4. The summed E-state index contributed by atoms with van der Waals surface area (Å²) in [4.78, 5) is 26.1. The van der Waals surface area contributed by atoms with Crippen molar-refractivity contribution in [2.24, 2.45) is 5.92 Å². The van der Waals surface area contributed by atoms with Crippen LogP contribution in [-0.4, -0.2) is 48.9 Å². The Hall–Kier alpha value is -2.29. The standard InChI is InChI=1S/C18H23F3N2O4/c1-3-26-17(25)13-8-10-23(11-9-13)12(2)16(24)22-14-4-6-15(7-5-14)27-18(19,20)21/h4-7,12-13H,3,8-11H2,1-2H3,(H,22,24). The third kappa shape index (κ3) is 6.42. The van der Waals surface area contributed by atoms with Gasteiger partial charge in [-0.25, -0.2) is 0 Å². The molecule has 0 aliphatic carbocycles. The Balaban J connectivity index is 1.84. The van der Waals surface area contributed by atoms with Gasteiger partial charge in [-0.3, -0.25) is 14.5 Å². The highest BCUT2D eigenvalue weighted by molar-refractivity contribution is 5.94. The molecule has 1 aliphatic rings. The van der Waals surface area contributed by atoms with E-state index < -0.39 is 12.4 Å². The maximum Gasteiger partial charge on any atom is 0.573 e. The van der Waals surface area contributed by atoms with E-state index in [1.54, 1.807) is 13.8 Å². The summed E-state index contributed by atoms with van der Waals surface area (Å²) >= 11 is 0. The average Bonchev–Trinajstić information content (AvgIpc) is 2.62. The fourth-order valence-corrected chi connectivity index (χ4v) is 2.94. The fraction of sp³-hybridized carbons (Fsp3) is 0.556. The number of rotatable bonds is 6. The van der Waals surface area contributed by atoms with E-state index in [0.717, 1.165) is 12.1 Å². The van der Waals surface area contributed by atoms with Crippen LogP contribution in [0.25, 0.3) is 0 Å². The Kier molecular flexibility index (Phi) is 7.06. The van der Waals surface area contributed by atoms with Crippen molar-refractivity contribution >= 4 is 17.6 Å². The Morgan fingerprint density at radius 3 is 2.33 bits per heavy atom. The van der Waals surface area contributed by atoms with Gasteiger partial charge in [0, 0.05) is 5.69 Å². The number of carbonyl (C=O) groups excluding carboxylic acids is 2. The van der Waals surface area contributed by atoms with Crippen LogP contribution in [0.2, 0.25) is 0 Å². The minimum Gasteiger partial charge on any atom is -0.466 e. The molecule has 1 unspecified atom stereocenters. The molecule has 1 aromatic rings. The summed E-state index contributed by atoms with van der Waals surface area (Å²) in [5.74, 6) is -0.961. The molecule has 0 saturated carbocycles. The zero-order valence-corrected chi connectivity index (χ0v) is 15.2. The Morgan fingerprint density at radius 2 is 1.81 bits per heavy atom. The molecule has 1 fully saturated rings. The van der Waals surface area contributed by atoms with Crippen LogP contribution < -0.4 is 10.1 Å². The number of carbonyl (C=O) groups is 2. The van der Waals surface area contributed by atoms with Crippen LogP contribution in [0.5, 0.6) is 5.75 Å². The van der Waals surface area contributed by atoms with Gasteiger partial charge in [0.15, 0.2) is 0 Å². The third-order valence-corrected chi connectivity index (χ3v) is 4.43. The molecule has 9 heteroatoms. The second-order valence-corrected chi connectivity index (χ2v) is 6.30. The largest absolute Gasteiger partial charge is 0.573 e. The quantitative estimate of drug-likeness (QED) is 0.758. The number of nitrogens with zero attached hydrogens (tertiary/aromatic N) is 1. The summed E-state index contributed by atoms with van der Waals surface area (Å²) in [7, 11) is 0. The SMILES string of the molecule is CCOC(=O)C1CCN(C(C)C(=O)Nc2ccc(OC(F)(F)F)cc2)CC1. The number of benzene rings is 1. The van der Waals surface area contributed by atoms with Crippen molar-refractivity contribution in [3.8, 4) is 5.75 Å². The van der Waals surface area contributed by atoms with Crippen LogP contribution in [0.3, 0.4) is 0 Å². The average molecular weight is 388 g/mol. The van der Waals surface area contributed by atoms with E-state index in [1.165, 1.54) is 12.1 Å². The Labute approximate surface area is 155 Å². The maximum absolute atomic E-state index is 12.4. The van der Waals surface area contributed by atoms with Gasteiger partial charge in [-0.1, -0.05) is 0 Å². The molecule has 2 rings (SSSR count). The summed E-state index contributed by atoms with van der Waals surface area (Å²) in [6.07, 6.45) is -3.51. The number of ether oxygens (including phenoxy) is 2. The number of anilines is 1. The molecule has 27 heavy (non-hydrogen) atoms. The molecular formula is C18H23F3N2O4. The van der Waals surface area contributed by atoms with E-state index in [1.807, 2.05) is 4.90 Å². The van der Waals surface area contributed by atoms with Crippen LogP contribution in [0, 0.1) is 5.92 Å². The first-order valence-electron chi connectivity index (χ1n) is 8.77. The minimum absolute atomic E-state index is 0.141. The zero-order chi connectivity index (χ0) is 20.0. The van der Waals surface area contributed by atoms with Crippen LogP contribution in [0.15, 0.2) is 24.3 Å². The van der Waals surface area contributed by atoms with Crippen molar-refractivity contribution in [3.63, 3.8) is 0 Å². The molecule has 0 radical (unpaired) electrons. The van der Waals surface area contributed by atoms with Crippen LogP contribution in [0.1, 0.15) is 26.7 Å². The second kappa shape index (κ2) is 9.07. The zero-order valence-electron chi connectivity index (χ0n) is 15.2. The summed E-state index contributed by atoms with van der Waals surface area (Å²) in [6.45, 7) is 5.06. The molecule has 1 aliphatic heterocycles. The number of amides is 1. The predicted octanol–water partition coefficient (Wildman–Crippen LogP) is 3.19. The van der Waals surface area contributed by atoms with Gasteiger partial charge in [0.05, 0.1) is 18.6 Å². The number of likely N-dealkylation sites (tertiary alicyclic amines) is 1. The number of halogens is 3. The lowest BCUT2D eigenvalue weighted by Crippen LogP contribution is -2.47. The Morgan fingerprint density at radius 1 is 1.22 bits per heavy atom. The predicted molar refractivity (Wildman–Crippen MR) is 92.1 cm³/mol. The van der Waals surface area contributed by atoms with E-state index in [2.05, 4.69) is 10.1 Å². The molecular weight excluding hydrogens is 365 g/mol. The van der Waals surface area contributed by atoms with Crippen LogP contribution in [-0.2, 0) is 14.3 Å². The number of esters is 1. The van der Waals surface area contributed by atoms with Gasteiger partial charge < -0.3 is 14.8 Å². The van der Waals surface area contributed by atoms with Crippen LogP contribution >= 0.6 is 0 Å². The number of nitrogens with one attached hydrogen (secondary N) is 1. The first kappa shape index (κ1) is 21.0. The van der Waals surface area contributed by atoms with Gasteiger partial charge >= 0.3 is 12.3 Å². The Bertz CT molecular complexity index is 641. The number of piperidine rings is 1. The fourth-order valence-electron chi connectivity index (χ4n) is 2.94. The molecule has 0 bridgehead atoms. The smallest absolute Gasteiger partial charge is 0.466 e. The van der Waals surface area contributed by atoms with Crippen molar-refractivity contribution < 1.29 is 32.2 Å². The third-order valence-electron chi connectivity index (χ3n) is 4.43. The van der Waals surface area contributed by atoms with E-state index in [0.29, 0.717) is 38.2 Å². The molecule has 0 spiro atoms. The van der Waals surface area contributed by atoms with Crippen molar-refractivity contribution in [1.29, 1.82) is 0 Å². The normalized spacial score (nSPS) is 17.2. The van der Waals surface area contributed by atoms with E-state index in [4.69, 9.17) is 4.74 Å². The monoisotopic (exact) mass is 388 g/mol. The number of hydrogen-bond donors (Lipinski definition) is 1. The van der Waals surface area contributed by atoms with Crippen molar-refractivity contribution in [2.45, 2.75) is 39.1 Å². The first-order valence-corrected chi connectivity index (χ1v) is 8.77. The molecule has 6 nitrogen and oxygen atoms in total. The number of hydrogen-bond acceptors (Lipinski definition) is 5. The summed E-state index contributed by atoms with van der Waals surface area (Å²) in [5.41, 5.74) is 0.378. The van der Waals surface area contributed by atoms with Crippen LogP contribution in [0.4, 0.5) is 18.9 Å². The highest BCUT2D eigenvalue weighted by Gasteiger charge is 2.32. The van der Waals surface area contributed by atoms with Gasteiger partial charge in [0.25, 0.3) is 0 Å². The molecule has 1 aromatic carbocycles. The van der Waals surface area contributed by atoms with E-state index >= 15 is 0 Å². The highest BCUT2D eigenvalue weighted by atomic mass is 19.4. The number of alkyl halides is 3. The molecule has 1 heterocycles. The van der Waals surface area contributed by atoms with Gasteiger partial charge in [-0.2, -0.15) is 0 Å². The van der Waals surface area contributed by atoms with E-state index in [-0.39, 0.29) is 23.5 Å². The molecule has 1 N–H and O–H groups in total. The lowest BCUT2D eigenvalue weighted by Gasteiger charge is -2.34. The first-order chi connectivity index (χ1) is 12.7. The lowest BCUT2D eigenvalue weighted by atomic mass is 9.96. The molecule has 0 aromatic heterocycles. The summed E-state index contributed by atoms with van der Waals surface area (Å²) in [6, 6.07) is 4.54. The molecule has 1 atom stereocenters. The lowest BCUT2D eigenvalue weighted by molar-refractivity contribution is -0.274. The molecule has 1 saturated heterocycles. The second-order valence-electron chi connectivity index (χ2n) is 6.30. The van der Waals surface area contributed by atoms with Crippen molar-refractivity contribution in [3.05, 3.63) is 24.3 Å². The molecule has 150 valence electrons. The topological polar surface area (TPSA) is 67.9 Å². The van der Waals surface area contributed by atoms with Crippen molar-refractivity contribution in [2.75, 3.05) is 25.0 Å². The minimum atomic E-state index is -4.76. The van der Waals surface area contributed by atoms with E-state index in [9.17, 15) is 22.8 Å². The van der Waals surface area contributed by atoms with Gasteiger partial charge in [0.1, 0.15) is 5.75 Å². The summed E-state index contributed by atoms with van der Waals surface area (Å²) < 4.78 is 45.3.